The molecule has 0 atom stereocenters. The minimum atomic E-state index is -0.415. The molecule has 2 heterocycles. The Bertz CT molecular complexity index is 866. The zero-order valence-corrected chi connectivity index (χ0v) is 16.7. The number of carbonyl (C=O) groups is 2. The molecule has 0 bridgehead atoms. The molecule has 138 valence electrons. The molecule has 1 aliphatic heterocycles. The number of ether oxygens (including phenoxy) is 1. The highest BCUT2D eigenvalue weighted by atomic mass is 35.5. The van der Waals surface area contributed by atoms with Gasteiger partial charge in [0.05, 0.1) is 22.8 Å². The van der Waals surface area contributed by atoms with Crippen molar-refractivity contribution < 1.29 is 14.3 Å². The number of hydrogen-bond donors (Lipinski definition) is 1. The molecular weight excluding hydrogens is 395 g/mol. The molecule has 2 aromatic rings. The summed E-state index contributed by atoms with van der Waals surface area (Å²) in [6.45, 7) is 3.62. The Balaban J connectivity index is 1.97. The molecule has 1 N–H and O–H groups in total. The molecule has 0 saturated heterocycles. The predicted octanol–water partition coefficient (Wildman–Crippen LogP) is 4.47. The van der Waals surface area contributed by atoms with Gasteiger partial charge in [-0.05, 0) is 44.2 Å². The number of fused-ring (bicyclic) bond motifs is 1. The molecule has 5 nitrogen and oxygen atoms in total. The van der Waals surface area contributed by atoms with Gasteiger partial charge in [-0.3, -0.25) is 4.79 Å². The number of nitrogens with one attached hydrogen (secondary N) is 1. The second kappa shape index (κ2) is 7.96. The monoisotopic (exact) mass is 412 g/mol. The molecular formula is C18H18Cl2N2O3S. The summed E-state index contributed by atoms with van der Waals surface area (Å²) in [7, 11) is 2.02. The Morgan fingerprint density at radius 2 is 2.12 bits per heavy atom. The number of halogens is 2. The van der Waals surface area contributed by atoms with Crippen LogP contribution in [0.2, 0.25) is 10.0 Å². The Labute approximate surface area is 165 Å². The SMILES string of the molecule is CCOC(=O)c1c(NC(=O)c2cc(Cl)ccc2Cl)sc2c1CCN(C)C2. The predicted molar refractivity (Wildman–Crippen MR) is 105 cm³/mol. The van der Waals surface area contributed by atoms with Crippen molar-refractivity contribution in [3.8, 4) is 0 Å². The van der Waals surface area contributed by atoms with Crippen molar-refractivity contribution in [3.63, 3.8) is 0 Å². The van der Waals surface area contributed by atoms with Crippen molar-refractivity contribution in [2.24, 2.45) is 0 Å². The topological polar surface area (TPSA) is 58.6 Å². The molecule has 1 aromatic heterocycles. The number of esters is 1. The molecule has 1 aromatic carbocycles. The van der Waals surface area contributed by atoms with E-state index in [4.69, 9.17) is 27.9 Å². The van der Waals surface area contributed by atoms with Crippen molar-refractivity contribution in [1.29, 1.82) is 0 Å². The third-order valence-corrected chi connectivity index (χ3v) is 5.82. The summed E-state index contributed by atoms with van der Waals surface area (Å²) in [6, 6.07) is 4.69. The average molecular weight is 413 g/mol. The van der Waals surface area contributed by atoms with Gasteiger partial charge in [0.2, 0.25) is 0 Å². The maximum Gasteiger partial charge on any atom is 0.341 e. The Morgan fingerprint density at radius 3 is 2.85 bits per heavy atom. The van der Waals surface area contributed by atoms with Crippen LogP contribution in [-0.4, -0.2) is 37.0 Å². The third kappa shape index (κ3) is 3.88. The van der Waals surface area contributed by atoms with Gasteiger partial charge in [-0.25, -0.2) is 4.79 Å². The van der Waals surface area contributed by atoms with Crippen molar-refractivity contribution >= 4 is 51.4 Å². The number of anilines is 1. The molecule has 26 heavy (non-hydrogen) atoms. The number of hydrogen-bond acceptors (Lipinski definition) is 5. The number of benzene rings is 1. The smallest absolute Gasteiger partial charge is 0.341 e. The summed E-state index contributed by atoms with van der Waals surface area (Å²) in [6.07, 6.45) is 0.740. The molecule has 0 spiro atoms. The van der Waals surface area contributed by atoms with E-state index < -0.39 is 11.9 Å². The zero-order chi connectivity index (χ0) is 18.8. The van der Waals surface area contributed by atoms with E-state index in [0.717, 1.165) is 30.0 Å². The van der Waals surface area contributed by atoms with Crippen LogP contribution in [0.4, 0.5) is 5.00 Å². The lowest BCUT2D eigenvalue weighted by Crippen LogP contribution is -2.26. The van der Waals surface area contributed by atoms with Gasteiger partial charge in [0.25, 0.3) is 5.91 Å². The van der Waals surface area contributed by atoms with Crippen molar-refractivity contribution in [1.82, 2.24) is 4.90 Å². The highest BCUT2D eigenvalue weighted by Crippen LogP contribution is 2.38. The van der Waals surface area contributed by atoms with E-state index in [1.54, 1.807) is 19.1 Å². The minimum Gasteiger partial charge on any atom is -0.462 e. The Hall–Kier alpha value is -1.60. The van der Waals surface area contributed by atoms with E-state index in [1.165, 1.54) is 17.4 Å². The van der Waals surface area contributed by atoms with Gasteiger partial charge in [-0.2, -0.15) is 0 Å². The van der Waals surface area contributed by atoms with Crippen LogP contribution >= 0.6 is 34.5 Å². The standard InChI is InChI=1S/C18H18Cl2N2O3S/c1-3-25-18(24)15-11-6-7-22(2)9-14(11)26-17(15)21-16(23)12-8-10(19)4-5-13(12)20/h4-5,8H,3,6-7,9H2,1-2H3,(H,21,23). The molecule has 0 fully saturated rings. The Kier molecular flexibility index (Phi) is 5.87. The first-order valence-corrected chi connectivity index (χ1v) is 9.74. The van der Waals surface area contributed by atoms with Crippen molar-refractivity contribution in [2.45, 2.75) is 19.9 Å². The maximum absolute atomic E-state index is 12.7. The highest BCUT2D eigenvalue weighted by molar-refractivity contribution is 7.17. The van der Waals surface area contributed by atoms with Crippen molar-refractivity contribution in [3.05, 3.63) is 49.8 Å². The first-order chi connectivity index (χ1) is 12.4. The van der Waals surface area contributed by atoms with E-state index >= 15 is 0 Å². The molecule has 0 unspecified atom stereocenters. The van der Waals surface area contributed by atoms with Gasteiger partial charge >= 0.3 is 5.97 Å². The van der Waals surface area contributed by atoms with E-state index in [2.05, 4.69) is 10.2 Å². The second-order valence-corrected chi connectivity index (χ2v) is 7.94. The first kappa shape index (κ1) is 19.2. The van der Waals surface area contributed by atoms with Gasteiger partial charge in [0, 0.05) is 23.0 Å². The summed E-state index contributed by atoms with van der Waals surface area (Å²) < 4.78 is 5.21. The van der Waals surface area contributed by atoms with Crippen LogP contribution in [0.1, 0.15) is 38.1 Å². The van der Waals surface area contributed by atoms with Crippen LogP contribution in [0.15, 0.2) is 18.2 Å². The third-order valence-electron chi connectivity index (χ3n) is 4.13. The van der Waals surface area contributed by atoms with E-state index in [9.17, 15) is 9.59 Å². The largest absolute Gasteiger partial charge is 0.462 e. The average Bonchev–Trinajstić information content (AvgIpc) is 2.94. The number of rotatable bonds is 4. The summed E-state index contributed by atoms with van der Waals surface area (Å²) in [4.78, 5) is 28.4. The summed E-state index contributed by atoms with van der Waals surface area (Å²) in [5, 5.41) is 4.02. The van der Waals surface area contributed by atoms with Gasteiger partial charge < -0.3 is 15.0 Å². The first-order valence-electron chi connectivity index (χ1n) is 8.17. The molecule has 3 rings (SSSR count). The van der Waals surface area contributed by atoms with Gasteiger partial charge in [-0.15, -0.1) is 11.3 Å². The number of likely N-dealkylation sites (N-methyl/N-ethyl adjacent to an activating group) is 1. The fourth-order valence-electron chi connectivity index (χ4n) is 2.88. The lowest BCUT2D eigenvalue weighted by molar-refractivity contribution is 0.0526. The summed E-state index contributed by atoms with van der Waals surface area (Å²) >= 11 is 13.5. The van der Waals surface area contributed by atoms with Crippen LogP contribution in [0.5, 0.6) is 0 Å². The van der Waals surface area contributed by atoms with Crippen molar-refractivity contribution in [2.75, 3.05) is 25.5 Å². The quantitative estimate of drug-likeness (QED) is 0.752. The Morgan fingerprint density at radius 1 is 1.35 bits per heavy atom. The molecule has 8 heteroatoms. The zero-order valence-electron chi connectivity index (χ0n) is 14.4. The number of nitrogens with zero attached hydrogens (tertiary/aromatic N) is 1. The molecule has 0 aliphatic carbocycles. The van der Waals surface area contributed by atoms with E-state index in [1.807, 2.05) is 7.05 Å². The fourth-order valence-corrected chi connectivity index (χ4v) is 4.57. The van der Waals surface area contributed by atoms with E-state index in [-0.39, 0.29) is 12.2 Å². The van der Waals surface area contributed by atoms with Crippen LogP contribution in [0.3, 0.4) is 0 Å². The molecule has 0 saturated carbocycles. The van der Waals surface area contributed by atoms with Gasteiger partial charge in [0.15, 0.2) is 0 Å². The van der Waals surface area contributed by atoms with Gasteiger partial charge in [0.1, 0.15) is 5.00 Å². The van der Waals surface area contributed by atoms with Crippen LogP contribution in [0.25, 0.3) is 0 Å². The number of carbonyl (C=O) groups excluding carboxylic acids is 2. The normalized spacial score (nSPS) is 14.0. The molecule has 1 amide bonds. The minimum absolute atomic E-state index is 0.262. The summed E-state index contributed by atoms with van der Waals surface area (Å²) in [5.41, 5.74) is 1.67. The summed E-state index contributed by atoms with van der Waals surface area (Å²) in [5.74, 6) is -0.822. The molecule has 1 aliphatic rings. The van der Waals surface area contributed by atoms with E-state index in [0.29, 0.717) is 20.6 Å². The van der Waals surface area contributed by atoms with Crippen LogP contribution in [-0.2, 0) is 17.7 Å². The number of amides is 1. The maximum atomic E-state index is 12.7. The fraction of sp³-hybridized carbons (Fsp3) is 0.333. The second-order valence-electron chi connectivity index (χ2n) is 5.99. The van der Waals surface area contributed by atoms with Crippen LogP contribution < -0.4 is 5.32 Å². The highest BCUT2D eigenvalue weighted by Gasteiger charge is 2.29. The lowest BCUT2D eigenvalue weighted by atomic mass is 10.0. The van der Waals surface area contributed by atoms with Gasteiger partial charge in [-0.1, -0.05) is 23.2 Å². The van der Waals surface area contributed by atoms with Crippen LogP contribution in [0, 0.1) is 0 Å². The lowest BCUT2D eigenvalue weighted by Gasteiger charge is -2.22. The molecule has 0 radical (unpaired) electrons. The number of thiophene rings is 1.